The largest absolute Gasteiger partial charge is 0.456 e. The molecular formula is C56H37NO. The number of anilines is 3. The molecule has 0 aliphatic rings. The Hall–Kier alpha value is -7.68. The molecular weight excluding hydrogens is 703 g/mol. The number of rotatable bonds is 7. The maximum absolute atomic E-state index is 6.36. The van der Waals surface area contributed by atoms with Crippen molar-refractivity contribution in [1.82, 2.24) is 0 Å². The molecule has 0 amide bonds. The Morgan fingerprint density at radius 3 is 1.57 bits per heavy atom. The fourth-order valence-corrected chi connectivity index (χ4v) is 8.53. The van der Waals surface area contributed by atoms with Crippen molar-refractivity contribution in [2.24, 2.45) is 0 Å². The second-order valence-corrected chi connectivity index (χ2v) is 14.9. The van der Waals surface area contributed by atoms with Gasteiger partial charge in [0.2, 0.25) is 0 Å². The molecule has 2 nitrogen and oxygen atoms in total. The molecule has 0 fully saturated rings. The first kappa shape index (κ1) is 33.6. The lowest BCUT2D eigenvalue weighted by molar-refractivity contribution is 0.669. The van der Waals surface area contributed by atoms with Crippen LogP contribution in [0.3, 0.4) is 0 Å². The number of hydrogen-bond acceptors (Lipinski definition) is 2. The van der Waals surface area contributed by atoms with Crippen LogP contribution in [-0.4, -0.2) is 0 Å². The first-order valence-corrected chi connectivity index (χ1v) is 19.8. The normalized spacial score (nSPS) is 11.4. The van der Waals surface area contributed by atoms with E-state index in [1.165, 1.54) is 54.9 Å². The average molecular weight is 740 g/mol. The zero-order chi connectivity index (χ0) is 38.4. The van der Waals surface area contributed by atoms with Gasteiger partial charge in [0.1, 0.15) is 11.2 Å². The molecule has 10 aromatic carbocycles. The first-order valence-electron chi connectivity index (χ1n) is 19.8. The van der Waals surface area contributed by atoms with Crippen molar-refractivity contribution in [3.05, 3.63) is 224 Å². The van der Waals surface area contributed by atoms with Crippen molar-refractivity contribution in [1.29, 1.82) is 0 Å². The van der Waals surface area contributed by atoms with Crippen molar-refractivity contribution < 1.29 is 4.42 Å². The number of hydrogen-bond donors (Lipinski definition) is 0. The van der Waals surface area contributed by atoms with Gasteiger partial charge in [0.25, 0.3) is 0 Å². The molecule has 1 heterocycles. The minimum Gasteiger partial charge on any atom is -0.456 e. The van der Waals surface area contributed by atoms with Gasteiger partial charge in [0.05, 0.1) is 5.69 Å². The lowest BCUT2D eigenvalue weighted by Gasteiger charge is -2.28. The Balaban J connectivity index is 0.987. The van der Waals surface area contributed by atoms with Crippen LogP contribution in [0.1, 0.15) is 0 Å². The molecule has 0 atom stereocenters. The van der Waals surface area contributed by atoms with Crippen LogP contribution in [0, 0.1) is 0 Å². The fourth-order valence-electron chi connectivity index (χ4n) is 8.53. The molecule has 1 aromatic heterocycles. The Morgan fingerprint density at radius 2 is 0.793 bits per heavy atom. The van der Waals surface area contributed by atoms with Gasteiger partial charge in [-0.25, -0.2) is 0 Å². The van der Waals surface area contributed by atoms with E-state index in [9.17, 15) is 0 Å². The van der Waals surface area contributed by atoms with Gasteiger partial charge in [-0.05, 0) is 115 Å². The van der Waals surface area contributed by atoms with Gasteiger partial charge in [-0.2, -0.15) is 0 Å². The molecule has 272 valence electrons. The summed E-state index contributed by atoms with van der Waals surface area (Å²) in [6.45, 7) is 0. The summed E-state index contributed by atoms with van der Waals surface area (Å²) in [5.41, 5.74) is 14.4. The molecule has 0 radical (unpaired) electrons. The zero-order valence-corrected chi connectivity index (χ0v) is 31.7. The van der Waals surface area contributed by atoms with E-state index in [4.69, 9.17) is 4.42 Å². The van der Waals surface area contributed by atoms with Gasteiger partial charge < -0.3 is 9.32 Å². The van der Waals surface area contributed by atoms with Crippen molar-refractivity contribution in [3.8, 4) is 44.5 Å². The van der Waals surface area contributed by atoms with Crippen molar-refractivity contribution in [2.75, 3.05) is 4.90 Å². The van der Waals surface area contributed by atoms with Crippen LogP contribution in [0.4, 0.5) is 17.1 Å². The predicted octanol–water partition coefficient (Wildman–Crippen LogP) is 16.0. The highest BCUT2D eigenvalue weighted by Crippen LogP contribution is 2.43. The third-order valence-electron chi connectivity index (χ3n) is 11.5. The first-order chi connectivity index (χ1) is 28.7. The number of benzene rings is 10. The highest BCUT2D eigenvalue weighted by atomic mass is 16.3. The lowest BCUT2D eigenvalue weighted by atomic mass is 9.96. The molecule has 0 saturated carbocycles. The van der Waals surface area contributed by atoms with Gasteiger partial charge in [-0.15, -0.1) is 0 Å². The third-order valence-corrected chi connectivity index (χ3v) is 11.5. The summed E-state index contributed by atoms with van der Waals surface area (Å²) < 4.78 is 6.36. The number of fused-ring (bicyclic) bond motifs is 5. The molecule has 11 rings (SSSR count). The van der Waals surface area contributed by atoms with Crippen LogP contribution in [0.25, 0.3) is 88.0 Å². The summed E-state index contributed by atoms with van der Waals surface area (Å²) in [5.74, 6) is 0. The maximum atomic E-state index is 6.36. The van der Waals surface area contributed by atoms with E-state index < -0.39 is 0 Å². The topological polar surface area (TPSA) is 16.4 Å². The molecule has 0 spiro atoms. The van der Waals surface area contributed by atoms with Gasteiger partial charge in [0.15, 0.2) is 0 Å². The van der Waals surface area contributed by atoms with E-state index in [-0.39, 0.29) is 0 Å². The summed E-state index contributed by atoms with van der Waals surface area (Å²) in [4.78, 5) is 2.37. The average Bonchev–Trinajstić information content (AvgIpc) is 3.67. The highest BCUT2D eigenvalue weighted by Gasteiger charge is 2.19. The second kappa shape index (κ2) is 14.1. The molecule has 0 aliphatic carbocycles. The van der Waals surface area contributed by atoms with Crippen LogP contribution in [0.5, 0.6) is 0 Å². The van der Waals surface area contributed by atoms with Gasteiger partial charge in [-0.1, -0.05) is 170 Å². The molecule has 2 heteroatoms. The minimum atomic E-state index is 0.885. The zero-order valence-electron chi connectivity index (χ0n) is 31.7. The standard InChI is InChI=1S/C56H37NO/c1-2-12-44-36-45(25-22-38(44)10-1)41-28-33-48(34-29-41)57(54-18-7-5-15-51(54)46-30-35-53-52-16-6-8-19-55(52)58-56(53)37-46)47-31-26-40(27-32-47)39-20-23-43(24-21-39)50-17-9-13-42-11-3-4-14-49(42)50/h1-37H. The molecule has 11 aromatic rings. The van der Waals surface area contributed by atoms with E-state index in [1.807, 2.05) is 12.1 Å². The summed E-state index contributed by atoms with van der Waals surface area (Å²) >= 11 is 0. The van der Waals surface area contributed by atoms with Crippen LogP contribution < -0.4 is 4.90 Å². The van der Waals surface area contributed by atoms with E-state index in [1.54, 1.807) is 0 Å². The SMILES string of the molecule is c1ccc(N(c2ccc(-c3ccc(-c4cccc5ccccc45)cc3)cc2)c2ccc(-c3ccc4ccccc4c3)cc2)c(-c2ccc3c(c2)oc2ccccc23)c1. The van der Waals surface area contributed by atoms with Crippen LogP contribution >= 0.6 is 0 Å². The Kier molecular flexibility index (Phi) is 8.19. The van der Waals surface area contributed by atoms with Gasteiger partial charge in [0, 0.05) is 27.7 Å². The smallest absolute Gasteiger partial charge is 0.136 e. The summed E-state index contributed by atoms with van der Waals surface area (Å²) in [7, 11) is 0. The van der Waals surface area contributed by atoms with E-state index in [2.05, 4.69) is 217 Å². The molecule has 0 saturated heterocycles. The highest BCUT2D eigenvalue weighted by molar-refractivity contribution is 6.06. The Labute approximate surface area is 337 Å². The van der Waals surface area contributed by atoms with E-state index in [0.717, 1.165) is 50.1 Å². The van der Waals surface area contributed by atoms with Crippen LogP contribution in [0.15, 0.2) is 229 Å². The van der Waals surface area contributed by atoms with Crippen molar-refractivity contribution >= 4 is 60.5 Å². The Bertz CT molecular complexity index is 3260. The second-order valence-electron chi connectivity index (χ2n) is 14.9. The van der Waals surface area contributed by atoms with E-state index >= 15 is 0 Å². The van der Waals surface area contributed by atoms with E-state index in [0.29, 0.717) is 0 Å². The third kappa shape index (κ3) is 6.00. The summed E-state index contributed by atoms with van der Waals surface area (Å²) in [6.07, 6.45) is 0. The molecule has 0 bridgehead atoms. The number of nitrogens with zero attached hydrogens (tertiary/aromatic N) is 1. The van der Waals surface area contributed by atoms with Gasteiger partial charge >= 0.3 is 0 Å². The minimum absolute atomic E-state index is 0.885. The number of furan rings is 1. The molecule has 0 unspecified atom stereocenters. The Morgan fingerprint density at radius 1 is 0.276 bits per heavy atom. The van der Waals surface area contributed by atoms with Crippen molar-refractivity contribution in [2.45, 2.75) is 0 Å². The maximum Gasteiger partial charge on any atom is 0.136 e. The number of para-hydroxylation sites is 2. The van der Waals surface area contributed by atoms with Crippen LogP contribution in [0.2, 0.25) is 0 Å². The fraction of sp³-hybridized carbons (Fsp3) is 0. The monoisotopic (exact) mass is 739 g/mol. The molecule has 0 N–H and O–H groups in total. The van der Waals surface area contributed by atoms with Crippen molar-refractivity contribution in [3.63, 3.8) is 0 Å². The summed E-state index contributed by atoms with van der Waals surface area (Å²) in [5, 5.41) is 7.27. The molecule has 0 aliphatic heterocycles. The van der Waals surface area contributed by atoms with Gasteiger partial charge in [-0.3, -0.25) is 0 Å². The lowest BCUT2D eigenvalue weighted by Crippen LogP contribution is -2.11. The quantitative estimate of drug-likeness (QED) is 0.162. The van der Waals surface area contributed by atoms with Crippen LogP contribution in [-0.2, 0) is 0 Å². The summed E-state index contributed by atoms with van der Waals surface area (Å²) in [6, 6.07) is 80.7. The molecule has 58 heavy (non-hydrogen) atoms. The predicted molar refractivity (Wildman–Crippen MR) is 245 cm³/mol.